The van der Waals surface area contributed by atoms with Gasteiger partial charge in [-0.05, 0) is 44.5 Å². The number of likely N-dealkylation sites (tertiary alicyclic amines) is 1. The largest absolute Gasteiger partial charge is 0.370 e. The standard InChI is InChI=1S/C13H18ClN3/c14-13-9-11(3-5-15-13)17-8-4-12(10-17)16-6-1-2-7-16/h3,5,9,12H,1-2,4,6-8,10H2. The van der Waals surface area contributed by atoms with E-state index in [4.69, 9.17) is 11.6 Å². The first kappa shape index (κ1) is 11.3. The average Bonchev–Trinajstić information content (AvgIpc) is 3.00. The fourth-order valence-electron chi connectivity index (χ4n) is 2.97. The second kappa shape index (κ2) is 4.83. The molecule has 0 amide bonds. The molecule has 3 heterocycles. The Hall–Kier alpha value is -0.800. The normalized spacial score (nSPS) is 25.7. The van der Waals surface area contributed by atoms with E-state index in [2.05, 4.69) is 20.9 Å². The van der Waals surface area contributed by atoms with Crippen LogP contribution in [0.25, 0.3) is 0 Å². The molecule has 92 valence electrons. The lowest BCUT2D eigenvalue weighted by Crippen LogP contribution is -2.35. The summed E-state index contributed by atoms with van der Waals surface area (Å²) in [6, 6.07) is 4.76. The maximum atomic E-state index is 5.94. The number of hydrogen-bond acceptors (Lipinski definition) is 3. The lowest BCUT2D eigenvalue weighted by atomic mass is 10.2. The van der Waals surface area contributed by atoms with E-state index in [1.165, 1.54) is 38.0 Å². The molecule has 0 aliphatic carbocycles. The van der Waals surface area contributed by atoms with Gasteiger partial charge in [-0.1, -0.05) is 11.6 Å². The highest BCUT2D eigenvalue weighted by molar-refractivity contribution is 6.29. The molecule has 2 aliphatic heterocycles. The van der Waals surface area contributed by atoms with Crippen molar-refractivity contribution in [3.63, 3.8) is 0 Å². The maximum Gasteiger partial charge on any atom is 0.131 e. The molecule has 3 rings (SSSR count). The van der Waals surface area contributed by atoms with Gasteiger partial charge >= 0.3 is 0 Å². The summed E-state index contributed by atoms with van der Waals surface area (Å²) in [5.41, 5.74) is 1.21. The van der Waals surface area contributed by atoms with Gasteiger partial charge in [0.15, 0.2) is 0 Å². The number of hydrogen-bond donors (Lipinski definition) is 0. The van der Waals surface area contributed by atoms with Gasteiger partial charge in [0, 0.05) is 31.0 Å². The Kier molecular flexibility index (Phi) is 3.21. The van der Waals surface area contributed by atoms with Crippen molar-refractivity contribution in [2.45, 2.75) is 25.3 Å². The molecule has 0 saturated carbocycles. The van der Waals surface area contributed by atoms with Gasteiger partial charge in [-0.25, -0.2) is 4.98 Å². The predicted molar refractivity (Wildman–Crippen MR) is 70.7 cm³/mol. The minimum atomic E-state index is 0.590. The van der Waals surface area contributed by atoms with Crippen LogP contribution >= 0.6 is 11.6 Å². The maximum absolute atomic E-state index is 5.94. The molecule has 2 aliphatic rings. The first-order valence-electron chi connectivity index (χ1n) is 6.43. The minimum Gasteiger partial charge on any atom is -0.370 e. The molecular formula is C13H18ClN3. The molecule has 3 nitrogen and oxygen atoms in total. The zero-order valence-corrected chi connectivity index (χ0v) is 10.7. The van der Waals surface area contributed by atoms with Gasteiger partial charge < -0.3 is 4.90 Å². The molecule has 17 heavy (non-hydrogen) atoms. The van der Waals surface area contributed by atoms with E-state index < -0.39 is 0 Å². The van der Waals surface area contributed by atoms with E-state index >= 15 is 0 Å². The molecule has 0 bridgehead atoms. The van der Waals surface area contributed by atoms with Crippen molar-refractivity contribution in [3.8, 4) is 0 Å². The number of anilines is 1. The Bertz CT molecular complexity index is 390. The fraction of sp³-hybridized carbons (Fsp3) is 0.615. The lowest BCUT2D eigenvalue weighted by molar-refractivity contribution is 0.260. The fourth-order valence-corrected chi connectivity index (χ4v) is 3.14. The van der Waals surface area contributed by atoms with Crippen molar-refractivity contribution >= 4 is 17.3 Å². The first-order chi connectivity index (χ1) is 8.33. The summed E-state index contributed by atoms with van der Waals surface area (Å²) in [7, 11) is 0. The monoisotopic (exact) mass is 251 g/mol. The van der Waals surface area contributed by atoms with Gasteiger partial charge in [0.2, 0.25) is 0 Å². The molecule has 1 aromatic heterocycles. The van der Waals surface area contributed by atoms with Crippen LogP contribution in [0.2, 0.25) is 5.15 Å². The third-order valence-corrected chi connectivity index (χ3v) is 4.10. The van der Waals surface area contributed by atoms with Crippen molar-refractivity contribution < 1.29 is 0 Å². The van der Waals surface area contributed by atoms with Gasteiger partial charge in [-0.2, -0.15) is 0 Å². The Balaban J connectivity index is 1.67. The number of pyridine rings is 1. The first-order valence-corrected chi connectivity index (χ1v) is 6.81. The zero-order valence-electron chi connectivity index (χ0n) is 9.98. The van der Waals surface area contributed by atoms with Crippen LogP contribution in [0.15, 0.2) is 18.3 Å². The highest BCUT2D eigenvalue weighted by Gasteiger charge is 2.29. The van der Waals surface area contributed by atoms with E-state index in [1.54, 1.807) is 6.20 Å². The van der Waals surface area contributed by atoms with Crippen LogP contribution in [0.3, 0.4) is 0 Å². The molecule has 0 radical (unpaired) electrons. The lowest BCUT2D eigenvalue weighted by Gasteiger charge is -2.24. The van der Waals surface area contributed by atoms with Crippen molar-refractivity contribution in [3.05, 3.63) is 23.5 Å². The number of rotatable bonds is 2. The molecule has 4 heteroatoms. The van der Waals surface area contributed by atoms with Crippen LogP contribution in [0.1, 0.15) is 19.3 Å². The summed E-state index contributed by atoms with van der Waals surface area (Å²) in [5, 5.41) is 0.590. The molecule has 0 N–H and O–H groups in total. The average molecular weight is 252 g/mol. The summed E-state index contributed by atoms with van der Waals surface area (Å²) < 4.78 is 0. The highest BCUT2D eigenvalue weighted by atomic mass is 35.5. The van der Waals surface area contributed by atoms with Crippen LogP contribution in [0.5, 0.6) is 0 Å². The SMILES string of the molecule is Clc1cc(N2CCC(N3CCCC3)C2)ccn1. The molecule has 0 spiro atoms. The summed E-state index contributed by atoms with van der Waals surface area (Å²) in [6.45, 7) is 4.85. The van der Waals surface area contributed by atoms with Crippen LogP contribution < -0.4 is 4.90 Å². The Labute approximate surface area is 107 Å². The number of aromatic nitrogens is 1. The van der Waals surface area contributed by atoms with E-state index in [0.29, 0.717) is 5.15 Å². The van der Waals surface area contributed by atoms with E-state index in [1.807, 2.05) is 6.07 Å². The van der Waals surface area contributed by atoms with Crippen molar-refractivity contribution in [2.75, 3.05) is 31.1 Å². The van der Waals surface area contributed by atoms with E-state index in [-0.39, 0.29) is 0 Å². The molecular weight excluding hydrogens is 234 g/mol. The number of halogens is 1. The Morgan fingerprint density at radius 2 is 2.06 bits per heavy atom. The van der Waals surface area contributed by atoms with E-state index in [0.717, 1.165) is 19.1 Å². The predicted octanol–water partition coefficient (Wildman–Crippen LogP) is 2.41. The molecule has 2 fully saturated rings. The molecule has 2 saturated heterocycles. The number of nitrogens with zero attached hydrogens (tertiary/aromatic N) is 3. The Morgan fingerprint density at radius 3 is 2.82 bits per heavy atom. The van der Waals surface area contributed by atoms with Gasteiger partial charge in [-0.3, -0.25) is 4.90 Å². The third-order valence-electron chi connectivity index (χ3n) is 3.90. The minimum absolute atomic E-state index is 0.590. The summed E-state index contributed by atoms with van der Waals surface area (Å²) in [6.07, 6.45) is 5.82. The molecule has 1 aromatic rings. The van der Waals surface area contributed by atoms with Crippen LogP contribution in [-0.2, 0) is 0 Å². The van der Waals surface area contributed by atoms with Crippen molar-refractivity contribution in [2.24, 2.45) is 0 Å². The van der Waals surface area contributed by atoms with Crippen LogP contribution in [0, 0.1) is 0 Å². The van der Waals surface area contributed by atoms with Gasteiger partial charge in [0.05, 0.1) is 0 Å². The zero-order chi connectivity index (χ0) is 11.7. The summed E-state index contributed by atoms with van der Waals surface area (Å²) in [4.78, 5) is 9.10. The topological polar surface area (TPSA) is 19.4 Å². The van der Waals surface area contributed by atoms with Crippen molar-refractivity contribution in [1.29, 1.82) is 0 Å². The summed E-state index contributed by atoms with van der Waals surface area (Å²) in [5.74, 6) is 0. The second-order valence-electron chi connectivity index (χ2n) is 4.97. The van der Waals surface area contributed by atoms with E-state index in [9.17, 15) is 0 Å². The molecule has 1 atom stereocenters. The van der Waals surface area contributed by atoms with Gasteiger partial charge in [0.25, 0.3) is 0 Å². The second-order valence-corrected chi connectivity index (χ2v) is 5.36. The van der Waals surface area contributed by atoms with Crippen LogP contribution in [-0.4, -0.2) is 42.1 Å². The summed E-state index contributed by atoms with van der Waals surface area (Å²) >= 11 is 5.94. The van der Waals surface area contributed by atoms with Gasteiger partial charge in [0.1, 0.15) is 5.15 Å². The highest BCUT2D eigenvalue weighted by Crippen LogP contribution is 2.26. The van der Waals surface area contributed by atoms with Crippen LogP contribution in [0.4, 0.5) is 5.69 Å². The smallest absolute Gasteiger partial charge is 0.131 e. The Morgan fingerprint density at radius 1 is 1.24 bits per heavy atom. The molecule has 0 aromatic carbocycles. The third kappa shape index (κ3) is 2.40. The quantitative estimate of drug-likeness (QED) is 0.753. The molecule has 1 unspecified atom stereocenters. The van der Waals surface area contributed by atoms with Crippen molar-refractivity contribution in [1.82, 2.24) is 9.88 Å². The van der Waals surface area contributed by atoms with Gasteiger partial charge in [-0.15, -0.1) is 0 Å².